The van der Waals surface area contributed by atoms with Crippen molar-refractivity contribution in [2.45, 2.75) is 96.4 Å². The first-order valence-corrected chi connectivity index (χ1v) is 11.2. The molecule has 32 heavy (non-hydrogen) atoms. The standard InChI is InChI=1S/C24H32O8/c1-12-7-9-16(29-14(3)25)22(5)17(30-15(4)26)10-8-13(2)19(22)20(27)24-18(11-12)31-21(28)23(24,6)32-24/h8,11,16-20,27H,7,9-10H2,1-6H3/b12-11-/t16-,17-,18-,19?,20+,22-,23-,24?/m0/s1. The van der Waals surface area contributed by atoms with Crippen LogP contribution in [0.5, 0.6) is 0 Å². The molecule has 2 heterocycles. The lowest BCUT2D eigenvalue weighted by Crippen LogP contribution is -2.60. The maximum Gasteiger partial charge on any atom is 0.342 e. The average molecular weight is 449 g/mol. The predicted octanol–water partition coefficient (Wildman–Crippen LogP) is 2.38. The van der Waals surface area contributed by atoms with E-state index in [4.69, 9.17) is 18.9 Å². The van der Waals surface area contributed by atoms with Crippen LogP contribution >= 0.6 is 0 Å². The SMILES string of the molecule is CC(=O)O[C@H]1CC=C(C)C2[C@@H](O)C34O[C@@]3(C)C(=O)O[C@H]4/C=C(/C)CC[C@H](OC(C)=O)[C@]21C. The average Bonchev–Trinajstić information content (AvgIpc) is 3.28. The molecule has 8 heteroatoms. The molecule has 0 aromatic rings. The van der Waals surface area contributed by atoms with Crippen LogP contribution in [0.3, 0.4) is 0 Å². The Hall–Kier alpha value is -2.19. The highest BCUT2D eigenvalue weighted by Crippen LogP contribution is 2.64. The lowest BCUT2D eigenvalue weighted by Gasteiger charge is -2.52. The molecule has 0 bridgehead atoms. The van der Waals surface area contributed by atoms with Crippen molar-refractivity contribution in [3.05, 3.63) is 23.3 Å². The molecule has 2 fully saturated rings. The molecule has 0 saturated carbocycles. The first-order valence-electron chi connectivity index (χ1n) is 11.2. The normalized spacial score (nSPS) is 46.8. The Kier molecular flexibility index (Phi) is 5.33. The zero-order valence-corrected chi connectivity index (χ0v) is 19.5. The highest BCUT2D eigenvalue weighted by molar-refractivity contribution is 5.89. The van der Waals surface area contributed by atoms with E-state index in [1.807, 2.05) is 32.9 Å². The van der Waals surface area contributed by atoms with Crippen molar-refractivity contribution >= 4 is 17.9 Å². The zero-order chi connectivity index (χ0) is 23.6. The molecular formula is C24H32O8. The second kappa shape index (κ2) is 7.42. The number of allylic oxidation sites excluding steroid dienone is 1. The van der Waals surface area contributed by atoms with Gasteiger partial charge in [0.15, 0.2) is 17.3 Å². The first-order chi connectivity index (χ1) is 14.9. The minimum Gasteiger partial charge on any atom is -0.462 e. The minimum absolute atomic E-state index is 0.432. The van der Waals surface area contributed by atoms with Crippen molar-refractivity contribution in [3.63, 3.8) is 0 Å². The molecule has 8 atom stereocenters. The Bertz CT molecular complexity index is 921. The molecule has 4 aliphatic rings. The van der Waals surface area contributed by atoms with Crippen molar-refractivity contribution in [2.75, 3.05) is 0 Å². The van der Waals surface area contributed by atoms with E-state index in [0.29, 0.717) is 19.3 Å². The van der Waals surface area contributed by atoms with Gasteiger partial charge in [-0.05, 0) is 39.7 Å². The molecule has 0 radical (unpaired) electrons. The Morgan fingerprint density at radius 1 is 1.12 bits per heavy atom. The second-order valence-corrected chi connectivity index (χ2v) is 9.97. The molecule has 0 aromatic heterocycles. The number of carbonyl (C=O) groups is 3. The van der Waals surface area contributed by atoms with E-state index in [9.17, 15) is 19.5 Å². The maximum absolute atomic E-state index is 12.6. The summed E-state index contributed by atoms with van der Waals surface area (Å²) in [6.45, 7) is 10.0. The van der Waals surface area contributed by atoms with Gasteiger partial charge in [-0.2, -0.15) is 0 Å². The van der Waals surface area contributed by atoms with E-state index in [1.54, 1.807) is 6.92 Å². The smallest absolute Gasteiger partial charge is 0.342 e. The van der Waals surface area contributed by atoms with Crippen LogP contribution in [0.1, 0.15) is 60.8 Å². The Balaban J connectivity index is 1.90. The van der Waals surface area contributed by atoms with Gasteiger partial charge in [0.05, 0.1) is 11.5 Å². The number of ether oxygens (including phenoxy) is 4. The van der Waals surface area contributed by atoms with E-state index < -0.39 is 64.9 Å². The van der Waals surface area contributed by atoms with Crippen LogP contribution < -0.4 is 0 Å². The molecule has 2 aliphatic carbocycles. The Morgan fingerprint density at radius 3 is 2.34 bits per heavy atom. The van der Waals surface area contributed by atoms with Crippen molar-refractivity contribution in [1.29, 1.82) is 0 Å². The van der Waals surface area contributed by atoms with Gasteiger partial charge < -0.3 is 24.1 Å². The van der Waals surface area contributed by atoms with Crippen LogP contribution in [0.25, 0.3) is 0 Å². The molecule has 2 aliphatic heterocycles. The number of esters is 3. The first kappa shape index (κ1) is 23.0. The van der Waals surface area contributed by atoms with Gasteiger partial charge >= 0.3 is 17.9 Å². The Morgan fingerprint density at radius 2 is 1.75 bits per heavy atom. The summed E-state index contributed by atoms with van der Waals surface area (Å²) < 4.78 is 23.2. The predicted molar refractivity (Wildman–Crippen MR) is 112 cm³/mol. The number of fused-ring (bicyclic) bond motifs is 1. The quantitative estimate of drug-likeness (QED) is 0.297. The number of epoxide rings is 1. The van der Waals surface area contributed by atoms with Gasteiger partial charge in [-0.1, -0.05) is 24.1 Å². The van der Waals surface area contributed by atoms with Gasteiger partial charge in [0, 0.05) is 26.2 Å². The van der Waals surface area contributed by atoms with E-state index >= 15 is 0 Å². The van der Waals surface area contributed by atoms with Crippen LogP contribution in [0.2, 0.25) is 0 Å². The molecular weight excluding hydrogens is 416 g/mol. The fourth-order valence-corrected chi connectivity index (χ4v) is 6.21. The highest BCUT2D eigenvalue weighted by atomic mass is 16.7. The summed E-state index contributed by atoms with van der Waals surface area (Å²) >= 11 is 0. The number of hydrogen-bond acceptors (Lipinski definition) is 8. The van der Waals surface area contributed by atoms with Crippen molar-refractivity contribution in [1.82, 2.24) is 0 Å². The van der Waals surface area contributed by atoms with Crippen LogP contribution in [0, 0.1) is 11.3 Å². The highest BCUT2D eigenvalue weighted by Gasteiger charge is 2.85. The van der Waals surface area contributed by atoms with Gasteiger partial charge in [-0.25, -0.2) is 4.79 Å². The zero-order valence-electron chi connectivity index (χ0n) is 19.5. The molecule has 2 unspecified atom stereocenters. The molecule has 1 spiro atoms. The monoisotopic (exact) mass is 448 g/mol. The summed E-state index contributed by atoms with van der Waals surface area (Å²) in [5.41, 5.74) is -1.68. The van der Waals surface area contributed by atoms with Crippen molar-refractivity contribution in [2.24, 2.45) is 11.3 Å². The lowest BCUT2D eigenvalue weighted by atomic mass is 9.57. The van der Waals surface area contributed by atoms with Crippen LogP contribution in [0.15, 0.2) is 23.3 Å². The summed E-state index contributed by atoms with van der Waals surface area (Å²) in [5, 5.41) is 11.9. The van der Waals surface area contributed by atoms with Gasteiger partial charge in [0.2, 0.25) is 0 Å². The topological polar surface area (TPSA) is 112 Å². The van der Waals surface area contributed by atoms with E-state index in [1.165, 1.54) is 13.8 Å². The van der Waals surface area contributed by atoms with Gasteiger partial charge in [0.1, 0.15) is 12.2 Å². The number of carbonyl (C=O) groups excluding carboxylic acids is 3. The number of rotatable bonds is 2. The maximum atomic E-state index is 12.6. The molecule has 0 amide bonds. The molecule has 2 saturated heterocycles. The molecule has 1 N–H and O–H groups in total. The Labute approximate surface area is 187 Å². The molecule has 0 aromatic carbocycles. The van der Waals surface area contributed by atoms with E-state index in [2.05, 4.69) is 0 Å². The van der Waals surface area contributed by atoms with Crippen LogP contribution in [0.4, 0.5) is 0 Å². The van der Waals surface area contributed by atoms with Gasteiger partial charge in [-0.15, -0.1) is 0 Å². The summed E-state index contributed by atoms with van der Waals surface area (Å²) in [4.78, 5) is 36.7. The summed E-state index contributed by atoms with van der Waals surface area (Å²) in [6.07, 6.45) is 2.09. The molecule has 4 rings (SSSR count). The third kappa shape index (κ3) is 3.06. The fourth-order valence-electron chi connectivity index (χ4n) is 6.21. The summed E-state index contributed by atoms with van der Waals surface area (Å²) in [7, 11) is 0. The van der Waals surface area contributed by atoms with Crippen LogP contribution in [-0.2, 0) is 33.3 Å². The number of hydrogen-bond donors (Lipinski definition) is 1. The molecule has 8 nitrogen and oxygen atoms in total. The van der Waals surface area contributed by atoms with Gasteiger partial charge in [0.25, 0.3) is 0 Å². The number of aliphatic hydroxyl groups excluding tert-OH is 1. The van der Waals surface area contributed by atoms with Gasteiger partial charge in [-0.3, -0.25) is 9.59 Å². The summed E-state index contributed by atoms with van der Waals surface area (Å²) in [5.74, 6) is -2.00. The van der Waals surface area contributed by atoms with E-state index in [0.717, 1.165) is 11.1 Å². The largest absolute Gasteiger partial charge is 0.462 e. The van der Waals surface area contributed by atoms with E-state index in [-0.39, 0.29) is 0 Å². The second-order valence-electron chi connectivity index (χ2n) is 9.97. The molecule has 176 valence electrons. The van der Waals surface area contributed by atoms with Crippen molar-refractivity contribution in [3.8, 4) is 0 Å². The summed E-state index contributed by atoms with van der Waals surface area (Å²) in [6, 6.07) is 0. The fraction of sp³-hybridized carbons (Fsp3) is 0.708. The number of aliphatic hydroxyl groups is 1. The minimum atomic E-state index is -1.26. The lowest BCUT2D eigenvalue weighted by molar-refractivity contribution is -0.190. The van der Waals surface area contributed by atoms with Crippen molar-refractivity contribution < 1.29 is 38.4 Å². The third-order valence-corrected chi connectivity index (χ3v) is 7.93. The van der Waals surface area contributed by atoms with Crippen LogP contribution in [-0.4, -0.2) is 58.6 Å². The third-order valence-electron chi connectivity index (χ3n) is 7.93.